The van der Waals surface area contributed by atoms with Crippen molar-refractivity contribution in [2.75, 3.05) is 11.9 Å². The van der Waals surface area contributed by atoms with E-state index in [2.05, 4.69) is 5.32 Å². The van der Waals surface area contributed by atoms with E-state index in [1.54, 1.807) is 84.9 Å². The summed E-state index contributed by atoms with van der Waals surface area (Å²) in [6, 6.07) is 23.6. The molecule has 3 rings (SSSR count). The fourth-order valence-electron chi connectivity index (χ4n) is 2.75. The van der Waals surface area contributed by atoms with E-state index in [-0.39, 0.29) is 0 Å². The molecule has 0 saturated carbocycles. The van der Waals surface area contributed by atoms with E-state index in [1.807, 2.05) is 0 Å². The first kappa shape index (κ1) is 19.6. The Bertz CT molecular complexity index is 921. The Hall–Kier alpha value is -3.15. The van der Waals surface area contributed by atoms with Gasteiger partial charge in [0.05, 0.1) is 10.7 Å². The Labute approximate surface area is 167 Å². The molecule has 0 aromatic heterocycles. The lowest BCUT2D eigenvalue weighted by Gasteiger charge is -2.27. The fraction of sp³-hybridized carbons (Fsp3) is 0.0909. The molecule has 0 aliphatic rings. The van der Waals surface area contributed by atoms with Crippen LogP contribution in [0.25, 0.3) is 0 Å². The molecule has 0 bridgehead atoms. The quantitative estimate of drug-likeness (QED) is 0.623. The molecule has 6 heteroatoms. The van der Waals surface area contributed by atoms with Crippen LogP contribution in [0.2, 0.25) is 5.02 Å². The molecule has 0 radical (unpaired) electrons. The lowest BCUT2D eigenvalue weighted by Crippen LogP contribution is -2.39. The second kappa shape index (κ2) is 8.69. The van der Waals surface area contributed by atoms with E-state index in [4.69, 9.17) is 16.3 Å². The van der Waals surface area contributed by atoms with Crippen LogP contribution in [-0.4, -0.2) is 23.6 Å². The van der Waals surface area contributed by atoms with E-state index >= 15 is 0 Å². The average molecular weight is 396 g/mol. The third kappa shape index (κ3) is 4.22. The molecule has 0 fully saturated rings. The molecular formula is C22H18ClNO4. The van der Waals surface area contributed by atoms with Gasteiger partial charge >= 0.3 is 5.97 Å². The molecule has 5 nitrogen and oxygen atoms in total. The Balaban J connectivity index is 1.77. The molecule has 1 amide bonds. The lowest BCUT2D eigenvalue weighted by atomic mass is 9.86. The zero-order chi connectivity index (χ0) is 20.0. The Kier molecular flexibility index (Phi) is 6.09. The molecule has 142 valence electrons. The summed E-state index contributed by atoms with van der Waals surface area (Å²) in [6.45, 7) is -0.563. The number of nitrogens with one attached hydrogen (secondary N) is 1. The van der Waals surface area contributed by atoms with Gasteiger partial charge in [-0.15, -0.1) is 0 Å². The van der Waals surface area contributed by atoms with E-state index in [9.17, 15) is 14.7 Å². The molecule has 0 spiro atoms. The average Bonchev–Trinajstić information content (AvgIpc) is 2.74. The summed E-state index contributed by atoms with van der Waals surface area (Å²) in [5, 5.41) is 14.2. The summed E-state index contributed by atoms with van der Waals surface area (Å²) in [5.41, 5.74) is -0.935. The van der Waals surface area contributed by atoms with Crippen molar-refractivity contribution in [3.63, 3.8) is 0 Å². The number of anilines is 1. The van der Waals surface area contributed by atoms with Gasteiger partial charge in [-0.3, -0.25) is 4.79 Å². The summed E-state index contributed by atoms with van der Waals surface area (Å²) < 4.78 is 5.15. The number of carbonyl (C=O) groups excluding carboxylic acids is 2. The molecule has 0 heterocycles. The van der Waals surface area contributed by atoms with Gasteiger partial charge in [-0.05, 0) is 23.3 Å². The third-order valence-corrected chi connectivity index (χ3v) is 4.49. The normalized spacial score (nSPS) is 10.9. The van der Waals surface area contributed by atoms with Crippen molar-refractivity contribution in [3.05, 3.63) is 101 Å². The molecular weight excluding hydrogens is 378 g/mol. The first-order valence-corrected chi connectivity index (χ1v) is 8.94. The van der Waals surface area contributed by atoms with Gasteiger partial charge in [0, 0.05) is 0 Å². The van der Waals surface area contributed by atoms with Crippen molar-refractivity contribution in [2.45, 2.75) is 5.60 Å². The molecule has 0 saturated heterocycles. The van der Waals surface area contributed by atoms with Crippen molar-refractivity contribution in [3.8, 4) is 0 Å². The number of hydrogen-bond acceptors (Lipinski definition) is 4. The van der Waals surface area contributed by atoms with E-state index in [0.717, 1.165) is 0 Å². The van der Waals surface area contributed by atoms with Crippen LogP contribution in [0.1, 0.15) is 11.1 Å². The minimum Gasteiger partial charge on any atom is -0.453 e. The topological polar surface area (TPSA) is 75.6 Å². The molecule has 0 aliphatic carbocycles. The number of para-hydroxylation sites is 1. The van der Waals surface area contributed by atoms with Crippen molar-refractivity contribution in [1.29, 1.82) is 0 Å². The maximum Gasteiger partial charge on any atom is 0.348 e. The van der Waals surface area contributed by atoms with E-state index in [1.165, 1.54) is 0 Å². The van der Waals surface area contributed by atoms with Gasteiger partial charge in [0.1, 0.15) is 0 Å². The highest BCUT2D eigenvalue weighted by Crippen LogP contribution is 2.31. The van der Waals surface area contributed by atoms with Crippen molar-refractivity contribution in [2.24, 2.45) is 0 Å². The Morgan fingerprint density at radius 1 is 0.857 bits per heavy atom. The van der Waals surface area contributed by atoms with Crippen molar-refractivity contribution in [1.82, 2.24) is 0 Å². The van der Waals surface area contributed by atoms with Crippen molar-refractivity contribution < 1.29 is 19.4 Å². The largest absolute Gasteiger partial charge is 0.453 e. The summed E-state index contributed by atoms with van der Waals surface area (Å²) in [7, 11) is 0. The van der Waals surface area contributed by atoms with Crippen LogP contribution in [0.3, 0.4) is 0 Å². The number of hydrogen-bond donors (Lipinski definition) is 2. The second-order valence-electron chi connectivity index (χ2n) is 6.05. The SMILES string of the molecule is O=C(COC(=O)C(O)(c1ccccc1)c1ccccc1)Nc1ccccc1Cl. The maximum atomic E-state index is 12.8. The highest BCUT2D eigenvalue weighted by atomic mass is 35.5. The van der Waals surface area contributed by atoms with Crippen LogP contribution in [0, 0.1) is 0 Å². The third-order valence-electron chi connectivity index (χ3n) is 4.16. The van der Waals surface area contributed by atoms with Crippen LogP contribution in [0.4, 0.5) is 5.69 Å². The minimum atomic E-state index is -2.03. The zero-order valence-corrected chi connectivity index (χ0v) is 15.6. The molecule has 0 atom stereocenters. The molecule has 28 heavy (non-hydrogen) atoms. The number of carbonyl (C=O) groups is 2. The molecule has 2 N–H and O–H groups in total. The van der Waals surface area contributed by atoms with Gasteiger partial charge in [0.2, 0.25) is 5.60 Å². The summed E-state index contributed by atoms with van der Waals surface area (Å²) >= 11 is 6.00. The predicted molar refractivity (Wildman–Crippen MR) is 107 cm³/mol. The van der Waals surface area contributed by atoms with Gasteiger partial charge < -0.3 is 15.2 Å². The Morgan fingerprint density at radius 2 is 1.36 bits per heavy atom. The van der Waals surface area contributed by atoms with Crippen LogP contribution < -0.4 is 5.32 Å². The smallest absolute Gasteiger partial charge is 0.348 e. The standard InChI is InChI=1S/C22H18ClNO4/c23-18-13-7-8-14-19(18)24-20(25)15-28-21(26)22(27,16-9-3-1-4-10-16)17-11-5-2-6-12-17/h1-14,27H,15H2,(H,24,25). The van der Waals surface area contributed by atoms with Gasteiger partial charge in [0.15, 0.2) is 6.61 Å². The second-order valence-corrected chi connectivity index (χ2v) is 6.45. The summed E-state index contributed by atoms with van der Waals surface area (Å²) in [5.74, 6) is -1.51. The van der Waals surface area contributed by atoms with E-state index < -0.39 is 24.1 Å². The van der Waals surface area contributed by atoms with Crippen LogP contribution in [-0.2, 0) is 19.9 Å². The minimum absolute atomic E-state index is 0.345. The number of amides is 1. The number of esters is 1. The van der Waals surface area contributed by atoms with Gasteiger partial charge in [-0.1, -0.05) is 84.4 Å². The Morgan fingerprint density at radius 3 is 1.89 bits per heavy atom. The molecule has 0 aliphatic heterocycles. The van der Waals surface area contributed by atoms with Gasteiger partial charge in [-0.2, -0.15) is 0 Å². The van der Waals surface area contributed by atoms with Crippen molar-refractivity contribution >= 4 is 29.2 Å². The summed E-state index contributed by atoms with van der Waals surface area (Å²) in [4.78, 5) is 25.0. The first-order valence-electron chi connectivity index (χ1n) is 8.57. The monoisotopic (exact) mass is 395 g/mol. The number of rotatable bonds is 6. The highest BCUT2D eigenvalue weighted by molar-refractivity contribution is 6.33. The fourth-order valence-corrected chi connectivity index (χ4v) is 2.93. The number of halogens is 1. The van der Waals surface area contributed by atoms with Crippen LogP contribution in [0.5, 0.6) is 0 Å². The number of aliphatic hydroxyl groups is 1. The molecule has 3 aromatic rings. The highest BCUT2D eigenvalue weighted by Gasteiger charge is 2.41. The van der Waals surface area contributed by atoms with E-state index in [0.29, 0.717) is 21.8 Å². The zero-order valence-electron chi connectivity index (χ0n) is 14.8. The van der Waals surface area contributed by atoms with Crippen LogP contribution >= 0.6 is 11.6 Å². The maximum absolute atomic E-state index is 12.8. The lowest BCUT2D eigenvalue weighted by molar-refractivity contribution is -0.163. The van der Waals surface area contributed by atoms with Gasteiger partial charge in [-0.25, -0.2) is 4.79 Å². The van der Waals surface area contributed by atoms with Crippen LogP contribution in [0.15, 0.2) is 84.9 Å². The first-order chi connectivity index (χ1) is 13.5. The molecule has 0 unspecified atom stereocenters. The molecule has 3 aromatic carbocycles. The van der Waals surface area contributed by atoms with Gasteiger partial charge in [0.25, 0.3) is 5.91 Å². The predicted octanol–water partition coefficient (Wildman–Crippen LogP) is 3.76. The number of benzene rings is 3. The number of ether oxygens (including phenoxy) is 1. The summed E-state index contributed by atoms with van der Waals surface area (Å²) in [6.07, 6.45) is 0.